The number of hydrogen-bond acceptors (Lipinski definition) is 4. The summed E-state index contributed by atoms with van der Waals surface area (Å²) in [5.41, 5.74) is 2.03. The van der Waals surface area contributed by atoms with Crippen molar-refractivity contribution in [2.75, 3.05) is 30.9 Å². The lowest BCUT2D eigenvalue weighted by Crippen LogP contribution is -2.38. The predicted molar refractivity (Wildman–Crippen MR) is 82.4 cm³/mol. The lowest BCUT2D eigenvalue weighted by atomic mass is 10.1. The van der Waals surface area contributed by atoms with Gasteiger partial charge in [0.2, 0.25) is 0 Å². The van der Waals surface area contributed by atoms with Gasteiger partial charge in [0.1, 0.15) is 5.75 Å². The number of aliphatic hydroxyl groups excluding tert-OH is 1. The Morgan fingerprint density at radius 2 is 2.32 bits per heavy atom. The minimum absolute atomic E-state index is 0.513. The monoisotopic (exact) mass is 281 g/mol. The van der Waals surface area contributed by atoms with E-state index in [1.165, 1.54) is 6.42 Å². The third kappa shape index (κ3) is 3.18. The average molecular weight is 281 g/mol. The summed E-state index contributed by atoms with van der Waals surface area (Å²) in [5.74, 6) is 1.92. The fraction of sp³-hybridized carbons (Fsp3) is 0.600. The highest BCUT2D eigenvalue weighted by molar-refractivity contribution is 8.00. The maximum Gasteiger partial charge on any atom is 0.126 e. The number of rotatable bonds is 4. The summed E-state index contributed by atoms with van der Waals surface area (Å²) in [6.45, 7) is 6.13. The summed E-state index contributed by atoms with van der Waals surface area (Å²) >= 11 is 2.05. The van der Waals surface area contributed by atoms with Gasteiger partial charge in [-0.1, -0.05) is 13.0 Å². The van der Waals surface area contributed by atoms with E-state index in [-0.39, 0.29) is 0 Å². The molecule has 1 fully saturated rings. The van der Waals surface area contributed by atoms with Crippen LogP contribution in [0, 0.1) is 0 Å². The molecule has 0 spiro atoms. The van der Waals surface area contributed by atoms with Gasteiger partial charge in [-0.15, -0.1) is 0 Å². The van der Waals surface area contributed by atoms with Crippen LogP contribution in [0.25, 0.3) is 0 Å². The standard InChI is InChI=1S/C15H23NO2S/c1-4-12-10-16(8-9-19-12)13-6-5-7-14(18-3)15(13)11(2)17/h5-7,11-12,17H,4,8-10H2,1-3H3/t11-,12?/m0/s1. The van der Waals surface area contributed by atoms with Gasteiger partial charge >= 0.3 is 0 Å². The van der Waals surface area contributed by atoms with Crippen molar-refractivity contribution in [3.8, 4) is 5.75 Å². The van der Waals surface area contributed by atoms with Gasteiger partial charge in [0.05, 0.1) is 13.2 Å². The molecule has 1 aliphatic rings. The fourth-order valence-electron chi connectivity index (χ4n) is 2.59. The Labute approximate surface area is 120 Å². The van der Waals surface area contributed by atoms with Gasteiger partial charge in [0.25, 0.3) is 0 Å². The van der Waals surface area contributed by atoms with Crippen molar-refractivity contribution >= 4 is 17.4 Å². The maximum absolute atomic E-state index is 10.1. The number of methoxy groups -OCH3 is 1. The SMILES string of the molecule is CCC1CN(c2cccc(OC)c2[C@H](C)O)CCS1. The van der Waals surface area contributed by atoms with Crippen molar-refractivity contribution in [3.63, 3.8) is 0 Å². The van der Waals surface area contributed by atoms with E-state index in [1.807, 2.05) is 12.1 Å². The quantitative estimate of drug-likeness (QED) is 0.919. The van der Waals surface area contributed by atoms with Crippen molar-refractivity contribution in [2.45, 2.75) is 31.6 Å². The molecule has 0 aliphatic carbocycles. The van der Waals surface area contributed by atoms with Crippen LogP contribution in [0.3, 0.4) is 0 Å². The third-order valence-corrected chi connectivity index (χ3v) is 4.99. The second kappa shape index (κ2) is 6.53. The van der Waals surface area contributed by atoms with Crippen LogP contribution in [-0.4, -0.2) is 36.3 Å². The second-order valence-corrected chi connectivity index (χ2v) is 6.32. The number of benzene rings is 1. The molecule has 2 rings (SSSR count). The number of thioether (sulfide) groups is 1. The summed E-state index contributed by atoms with van der Waals surface area (Å²) in [6.07, 6.45) is 0.676. The van der Waals surface area contributed by atoms with Crippen LogP contribution in [0.2, 0.25) is 0 Å². The van der Waals surface area contributed by atoms with Crippen LogP contribution in [0.5, 0.6) is 5.75 Å². The molecule has 106 valence electrons. The largest absolute Gasteiger partial charge is 0.496 e. The normalized spacial score (nSPS) is 21.3. The number of nitrogens with zero attached hydrogens (tertiary/aromatic N) is 1. The molecule has 1 aromatic rings. The molecule has 0 bridgehead atoms. The zero-order valence-electron chi connectivity index (χ0n) is 11.9. The van der Waals surface area contributed by atoms with E-state index in [4.69, 9.17) is 4.74 Å². The molecule has 1 N–H and O–H groups in total. The molecule has 0 saturated carbocycles. The summed E-state index contributed by atoms with van der Waals surface area (Å²) in [7, 11) is 1.66. The van der Waals surface area contributed by atoms with E-state index >= 15 is 0 Å². The first-order valence-corrected chi connectivity index (χ1v) is 7.93. The Morgan fingerprint density at radius 3 is 2.95 bits per heavy atom. The molecule has 1 heterocycles. The predicted octanol–water partition coefficient (Wildman–Crippen LogP) is 3.08. The van der Waals surface area contributed by atoms with Crippen LogP contribution < -0.4 is 9.64 Å². The molecule has 1 aromatic carbocycles. The minimum atomic E-state index is -0.513. The zero-order chi connectivity index (χ0) is 13.8. The Hall–Kier alpha value is -0.870. The van der Waals surface area contributed by atoms with Gasteiger partial charge < -0.3 is 14.7 Å². The molecule has 0 aromatic heterocycles. The summed E-state index contributed by atoms with van der Waals surface area (Å²) in [5, 5.41) is 10.7. The van der Waals surface area contributed by atoms with Crippen LogP contribution in [0.4, 0.5) is 5.69 Å². The van der Waals surface area contributed by atoms with Crippen molar-refractivity contribution < 1.29 is 9.84 Å². The molecular weight excluding hydrogens is 258 g/mol. The van der Waals surface area contributed by atoms with Crippen LogP contribution >= 0.6 is 11.8 Å². The Bertz CT molecular complexity index is 423. The van der Waals surface area contributed by atoms with Crippen LogP contribution in [0.1, 0.15) is 31.9 Å². The van der Waals surface area contributed by atoms with Gasteiger partial charge in [-0.05, 0) is 25.5 Å². The van der Waals surface area contributed by atoms with E-state index in [9.17, 15) is 5.11 Å². The van der Waals surface area contributed by atoms with Crippen molar-refractivity contribution in [2.24, 2.45) is 0 Å². The van der Waals surface area contributed by atoms with E-state index in [2.05, 4.69) is 29.7 Å². The molecule has 0 radical (unpaired) electrons. The lowest BCUT2D eigenvalue weighted by molar-refractivity contribution is 0.194. The zero-order valence-corrected chi connectivity index (χ0v) is 12.7. The molecule has 1 aliphatic heterocycles. The summed E-state index contributed by atoms with van der Waals surface area (Å²) < 4.78 is 5.40. The van der Waals surface area contributed by atoms with E-state index in [1.54, 1.807) is 14.0 Å². The van der Waals surface area contributed by atoms with Crippen molar-refractivity contribution in [1.29, 1.82) is 0 Å². The molecule has 4 heteroatoms. The average Bonchev–Trinajstić information content (AvgIpc) is 2.46. The van der Waals surface area contributed by atoms with Gasteiger partial charge in [0.15, 0.2) is 0 Å². The van der Waals surface area contributed by atoms with Gasteiger partial charge in [-0.3, -0.25) is 0 Å². The highest BCUT2D eigenvalue weighted by Crippen LogP contribution is 2.36. The number of ether oxygens (including phenoxy) is 1. The van der Waals surface area contributed by atoms with Crippen molar-refractivity contribution in [3.05, 3.63) is 23.8 Å². The molecule has 2 atom stereocenters. The minimum Gasteiger partial charge on any atom is -0.496 e. The summed E-state index contributed by atoms with van der Waals surface area (Å²) in [6, 6.07) is 6.01. The van der Waals surface area contributed by atoms with E-state index in [0.29, 0.717) is 5.25 Å². The van der Waals surface area contributed by atoms with Crippen molar-refractivity contribution in [1.82, 2.24) is 0 Å². The number of hydrogen-bond donors (Lipinski definition) is 1. The smallest absolute Gasteiger partial charge is 0.126 e. The first-order valence-electron chi connectivity index (χ1n) is 6.88. The number of aliphatic hydroxyl groups is 1. The van der Waals surface area contributed by atoms with E-state index < -0.39 is 6.10 Å². The summed E-state index contributed by atoms with van der Waals surface area (Å²) in [4.78, 5) is 2.38. The molecule has 1 saturated heterocycles. The molecule has 19 heavy (non-hydrogen) atoms. The lowest BCUT2D eigenvalue weighted by Gasteiger charge is -2.35. The second-order valence-electron chi connectivity index (χ2n) is 4.92. The first kappa shape index (κ1) is 14.5. The maximum atomic E-state index is 10.1. The Balaban J connectivity index is 2.33. The highest BCUT2D eigenvalue weighted by Gasteiger charge is 2.23. The van der Waals surface area contributed by atoms with E-state index in [0.717, 1.165) is 35.8 Å². The Kier molecular flexibility index (Phi) is 4.99. The topological polar surface area (TPSA) is 32.7 Å². The van der Waals surface area contributed by atoms with Gasteiger partial charge in [-0.2, -0.15) is 11.8 Å². The fourth-order valence-corrected chi connectivity index (χ4v) is 3.77. The Morgan fingerprint density at radius 1 is 1.53 bits per heavy atom. The first-order chi connectivity index (χ1) is 9.17. The van der Waals surface area contributed by atoms with Crippen LogP contribution in [0.15, 0.2) is 18.2 Å². The van der Waals surface area contributed by atoms with Gasteiger partial charge in [-0.25, -0.2) is 0 Å². The molecule has 1 unspecified atom stereocenters. The molecular formula is C15H23NO2S. The van der Waals surface area contributed by atoms with Gasteiger partial charge in [0, 0.05) is 35.3 Å². The molecule has 0 amide bonds. The molecule has 3 nitrogen and oxygen atoms in total. The van der Waals surface area contributed by atoms with Crippen LogP contribution in [-0.2, 0) is 0 Å². The number of anilines is 1. The highest BCUT2D eigenvalue weighted by atomic mass is 32.2. The third-order valence-electron chi connectivity index (χ3n) is 3.62.